The van der Waals surface area contributed by atoms with E-state index in [1.165, 1.54) is 12.2 Å². The molecule has 142 valence electrons. The van der Waals surface area contributed by atoms with E-state index in [1.54, 1.807) is 0 Å². The Kier molecular flexibility index (Phi) is 5.63. The quantitative estimate of drug-likeness (QED) is 0.340. The average Bonchev–Trinajstić information content (AvgIpc) is 2.86. The lowest BCUT2D eigenvalue weighted by Gasteiger charge is -2.23. The number of allylic oxidation sites excluding steroid dienone is 2. The Labute approximate surface area is 149 Å². The van der Waals surface area contributed by atoms with Gasteiger partial charge in [-0.25, -0.2) is 18.4 Å². The third-order valence-corrected chi connectivity index (χ3v) is 3.45. The van der Waals surface area contributed by atoms with Crippen molar-refractivity contribution in [2.24, 2.45) is 0 Å². The van der Waals surface area contributed by atoms with E-state index in [0.29, 0.717) is 11.0 Å². The van der Waals surface area contributed by atoms with Gasteiger partial charge in [0.05, 0.1) is 24.7 Å². The summed E-state index contributed by atoms with van der Waals surface area (Å²) in [5, 5.41) is 11.2. The molecule has 0 N–H and O–H groups in total. The molecule has 0 amide bonds. The Hall–Kier alpha value is -3.63. The molecule has 8 nitrogen and oxygen atoms in total. The zero-order valence-corrected chi connectivity index (χ0v) is 13.9. The number of ether oxygens (including phenoxy) is 2. The van der Waals surface area contributed by atoms with Crippen LogP contribution in [0, 0.1) is 27.6 Å². The van der Waals surface area contributed by atoms with Crippen molar-refractivity contribution in [1.82, 2.24) is 0 Å². The largest absolute Gasteiger partial charge is 0.465 e. The van der Waals surface area contributed by atoms with Gasteiger partial charge in [0.2, 0.25) is 11.6 Å². The first kappa shape index (κ1) is 19.7. The Balaban J connectivity index is 2.89. The van der Waals surface area contributed by atoms with Crippen LogP contribution < -0.4 is 4.90 Å². The molecule has 0 bridgehead atoms. The monoisotopic (exact) mass is 384 g/mol. The molecule has 0 aliphatic carbocycles. The molecule has 0 saturated carbocycles. The fourth-order valence-electron chi connectivity index (χ4n) is 2.28. The number of anilines is 1. The molecule has 1 aliphatic rings. The molecule has 0 spiro atoms. The number of hydrogen-bond donors (Lipinski definition) is 0. The van der Waals surface area contributed by atoms with Crippen molar-refractivity contribution in [2.75, 3.05) is 19.1 Å². The molecule has 11 heteroatoms. The minimum absolute atomic E-state index is 0.323. The molecule has 0 unspecified atom stereocenters. The maximum atomic E-state index is 14.0. The zero-order chi connectivity index (χ0) is 20.3. The number of methoxy groups -OCH3 is 2. The predicted octanol–water partition coefficient (Wildman–Crippen LogP) is 2.50. The number of hydrogen-bond acceptors (Lipinski definition) is 7. The average molecular weight is 384 g/mol. The first-order valence-corrected chi connectivity index (χ1v) is 7.11. The number of nitro benzene ring substituents is 1. The van der Waals surface area contributed by atoms with Gasteiger partial charge in [-0.05, 0) is 12.2 Å². The fraction of sp³-hybridized carbons (Fsp3) is 0.125. The number of carbonyl (C=O) groups excluding carboxylic acids is 2. The van der Waals surface area contributed by atoms with Crippen molar-refractivity contribution in [3.05, 3.63) is 69.3 Å². The minimum Gasteiger partial charge on any atom is -0.465 e. The minimum atomic E-state index is -2.07. The second-order valence-corrected chi connectivity index (χ2v) is 4.93. The maximum Gasteiger partial charge on any atom is 0.355 e. The van der Waals surface area contributed by atoms with Crippen LogP contribution >= 0.6 is 0 Å². The fourth-order valence-corrected chi connectivity index (χ4v) is 2.28. The van der Waals surface area contributed by atoms with Crippen molar-refractivity contribution >= 4 is 23.3 Å². The van der Waals surface area contributed by atoms with E-state index in [-0.39, 0.29) is 0 Å². The molecule has 0 fully saturated rings. The van der Waals surface area contributed by atoms with E-state index < -0.39 is 57.0 Å². The number of esters is 2. The van der Waals surface area contributed by atoms with Crippen LogP contribution in [0.1, 0.15) is 0 Å². The maximum absolute atomic E-state index is 14.0. The summed E-state index contributed by atoms with van der Waals surface area (Å²) < 4.78 is 50.3. The number of nitro groups is 1. The van der Waals surface area contributed by atoms with Crippen molar-refractivity contribution < 1.29 is 37.2 Å². The number of rotatable bonds is 4. The summed E-state index contributed by atoms with van der Waals surface area (Å²) in [5.74, 6) is -8.04. The Morgan fingerprint density at radius 3 is 2.26 bits per heavy atom. The highest BCUT2D eigenvalue weighted by Crippen LogP contribution is 2.37. The Morgan fingerprint density at radius 1 is 1.07 bits per heavy atom. The van der Waals surface area contributed by atoms with Crippen LogP contribution in [0.5, 0.6) is 0 Å². The first-order valence-electron chi connectivity index (χ1n) is 7.11. The number of halogens is 3. The number of carbonyl (C=O) groups is 2. The molecule has 1 aromatic rings. The summed E-state index contributed by atoms with van der Waals surface area (Å²) in [6.45, 7) is 0. The van der Waals surface area contributed by atoms with Gasteiger partial charge in [0.1, 0.15) is 11.4 Å². The van der Waals surface area contributed by atoms with Gasteiger partial charge in [-0.3, -0.25) is 10.1 Å². The summed E-state index contributed by atoms with van der Waals surface area (Å²) in [7, 11) is 1.97. The van der Waals surface area contributed by atoms with Crippen LogP contribution in [0.3, 0.4) is 0 Å². The smallest absolute Gasteiger partial charge is 0.355 e. The predicted molar refractivity (Wildman–Crippen MR) is 84.8 cm³/mol. The third-order valence-electron chi connectivity index (χ3n) is 3.45. The molecular formula is C16H11F3N2O6. The van der Waals surface area contributed by atoms with Gasteiger partial charge in [0.25, 0.3) is 0 Å². The van der Waals surface area contributed by atoms with E-state index in [4.69, 9.17) is 0 Å². The summed E-state index contributed by atoms with van der Waals surface area (Å²) in [6.07, 6.45) is 4.65. The molecule has 0 aromatic heterocycles. The van der Waals surface area contributed by atoms with Crippen LogP contribution in [0.4, 0.5) is 24.5 Å². The lowest BCUT2D eigenvalue weighted by atomic mass is 10.1. The van der Waals surface area contributed by atoms with Crippen LogP contribution in [-0.2, 0) is 19.1 Å². The molecule has 1 aliphatic heterocycles. The van der Waals surface area contributed by atoms with E-state index in [9.17, 15) is 32.9 Å². The van der Waals surface area contributed by atoms with Gasteiger partial charge in [-0.1, -0.05) is 6.08 Å². The van der Waals surface area contributed by atoms with Crippen LogP contribution in [-0.4, -0.2) is 31.1 Å². The van der Waals surface area contributed by atoms with Gasteiger partial charge in [0, 0.05) is 12.3 Å². The highest BCUT2D eigenvalue weighted by atomic mass is 19.2. The standard InChI is InChI=1S/C16H11F3N2O6/c1-26-15(22)8-5-3-4-6-20(13(8)16(23)27-2)10-7-9(17)11(18)12(19)14(10)21(24)25/h3-7H,1-2H3. The summed E-state index contributed by atoms with van der Waals surface area (Å²) >= 11 is 0. The summed E-state index contributed by atoms with van der Waals surface area (Å²) in [4.78, 5) is 34.8. The third kappa shape index (κ3) is 3.52. The van der Waals surface area contributed by atoms with Gasteiger partial charge >= 0.3 is 17.6 Å². The lowest BCUT2D eigenvalue weighted by Crippen LogP contribution is -2.28. The van der Waals surface area contributed by atoms with Crippen molar-refractivity contribution in [3.8, 4) is 0 Å². The van der Waals surface area contributed by atoms with E-state index >= 15 is 0 Å². The summed E-state index contributed by atoms with van der Waals surface area (Å²) in [6, 6.07) is 0.323. The number of benzene rings is 1. The highest BCUT2D eigenvalue weighted by Gasteiger charge is 2.35. The summed E-state index contributed by atoms with van der Waals surface area (Å²) in [5.41, 5.74) is -3.30. The second kappa shape index (κ2) is 7.72. The van der Waals surface area contributed by atoms with Crippen LogP contribution in [0.15, 0.2) is 41.8 Å². The van der Waals surface area contributed by atoms with Gasteiger partial charge < -0.3 is 14.4 Å². The normalized spacial score (nSPS) is 13.4. The molecule has 2 rings (SSSR count). The van der Waals surface area contributed by atoms with E-state index in [2.05, 4.69) is 9.47 Å². The SMILES string of the molecule is COC(=O)C1=C(C(=O)OC)N(c2cc(F)c(F)c(F)c2[N+](=O)[O-])C=CC=C1. The van der Waals surface area contributed by atoms with Gasteiger partial charge in [-0.2, -0.15) is 4.39 Å². The van der Waals surface area contributed by atoms with E-state index in [0.717, 1.165) is 26.5 Å². The molecule has 0 radical (unpaired) electrons. The van der Waals surface area contributed by atoms with Crippen molar-refractivity contribution in [3.63, 3.8) is 0 Å². The van der Waals surface area contributed by atoms with Crippen LogP contribution in [0.25, 0.3) is 0 Å². The molecule has 1 aromatic carbocycles. The zero-order valence-electron chi connectivity index (χ0n) is 13.9. The van der Waals surface area contributed by atoms with E-state index in [1.807, 2.05) is 0 Å². The highest BCUT2D eigenvalue weighted by molar-refractivity contribution is 6.05. The molecular weight excluding hydrogens is 373 g/mol. The first-order chi connectivity index (χ1) is 12.7. The lowest BCUT2D eigenvalue weighted by molar-refractivity contribution is -0.387. The van der Waals surface area contributed by atoms with Gasteiger partial charge in [0.15, 0.2) is 5.82 Å². The topological polar surface area (TPSA) is 99.0 Å². The second-order valence-electron chi connectivity index (χ2n) is 4.93. The van der Waals surface area contributed by atoms with Crippen molar-refractivity contribution in [1.29, 1.82) is 0 Å². The molecule has 27 heavy (non-hydrogen) atoms. The molecule has 0 atom stereocenters. The molecule has 0 saturated heterocycles. The van der Waals surface area contributed by atoms with Crippen LogP contribution in [0.2, 0.25) is 0 Å². The van der Waals surface area contributed by atoms with Gasteiger partial charge in [-0.15, -0.1) is 0 Å². The molecule has 1 heterocycles. The number of nitrogens with zero attached hydrogens (tertiary/aromatic N) is 2. The Morgan fingerprint density at radius 2 is 1.70 bits per heavy atom. The van der Waals surface area contributed by atoms with Crippen molar-refractivity contribution in [2.45, 2.75) is 0 Å². The Bertz CT molecular complexity index is 923.